The Morgan fingerprint density at radius 1 is 1.29 bits per heavy atom. The summed E-state index contributed by atoms with van der Waals surface area (Å²) in [6, 6.07) is 0. The first-order valence-corrected chi connectivity index (χ1v) is 7.28. The van der Waals surface area contributed by atoms with Crippen LogP contribution < -0.4 is 5.32 Å². The number of hydrogen-bond donors (Lipinski definition) is 2. The van der Waals surface area contributed by atoms with E-state index in [2.05, 4.69) is 10.5 Å². The van der Waals surface area contributed by atoms with E-state index in [1.807, 2.05) is 13.8 Å². The molecule has 112 valence electrons. The Balaban J connectivity index is 2.39. The summed E-state index contributed by atoms with van der Waals surface area (Å²) in [4.78, 5) is 24.6. The molecule has 2 heterocycles. The molecule has 0 spiro atoms. The zero-order valence-corrected chi connectivity index (χ0v) is 13.1. The normalized spacial score (nSPS) is 10.7. The van der Waals surface area contributed by atoms with Crippen molar-refractivity contribution in [2.24, 2.45) is 0 Å². The zero-order valence-electron chi connectivity index (χ0n) is 12.2. The van der Waals surface area contributed by atoms with E-state index in [-0.39, 0.29) is 5.56 Å². The Morgan fingerprint density at radius 3 is 2.52 bits per heavy atom. The fourth-order valence-corrected chi connectivity index (χ4v) is 3.14. The number of carboxylic acids is 1. The summed E-state index contributed by atoms with van der Waals surface area (Å²) in [5, 5.41) is 16.1. The summed E-state index contributed by atoms with van der Waals surface area (Å²) < 4.78 is 5.03. The molecular weight excluding hydrogens is 292 g/mol. The maximum absolute atomic E-state index is 12.4. The molecule has 0 saturated heterocycles. The van der Waals surface area contributed by atoms with Crippen molar-refractivity contribution in [1.29, 1.82) is 0 Å². The predicted molar refractivity (Wildman–Crippen MR) is 79.3 cm³/mol. The molecule has 1 amide bonds. The summed E-state index contributed by atoms with van der Waals surface area (Å²) in [7, 11) is 0. The number of nitrogens with one attached hydrogen (secondary N) is 1. The number of carbonyl (C=O) groups excluding carboxylic acids is 1. The Bertz CT molecular complexity index is 715. The predicted octanol–water partition coefficient (Wildman–Crippen LogP) is 3.17. The molecule has 0 saturated carbocycles. The number of thiophene rings is 1. The summed E-state index contributed by atoms with van der Waals surface area (Å²) in [6.45, 7) is 7.08. The van der Waals surface area contributed by atoms with Gasteiger partial charge in [-0.1, -0.05) is 12.1 Å². The van der Waals surface area contributed by atoms with E-state index in [0.29, 0.717) is 34.0 Å². The monoisotopic (exact) mass is 308 g/mol. The highest BCUT2D eigenvalue weighted by Gasteiger charge is 2.24. The lowest BCUT2D eigenvalue weighted by Gasteiger charge is -2.04. The van der Waals surface area contributed by atoms with Gasteiger partial charge in [-0.3, -0.25) is 4.79 Å². The van der Waals surface area contributed by atoms with Gasteiger partial charge in [0.2, 0.25) is 0 Å². The maximum Gasteiger partial charge on any atom is 0.338 e. The van der Waals surface area contributed by atoms with Gasteiger partial charge in [-0.2, -0.15) is 0 Å². The molecule has 0 aliphatic carbocycles. The van der Waals surface area contributed by atoms with Gasteiger partial charge in [-0.05, 0) is 32.8 Å². The molecule has 21 heavy (non-hydrogen) atoms. The quantitative estimate of drug-likeness (QED) is 0.905. The van der Waals surface area contributed by atoms with Crippen LogP contribution in [-0.2, 0) is 6.42 Å². The largest absolute Gasteiger partial charge is 0.478 e. The lowest BCUT2D eigenvalue weighted by molar-refractivity contribution is 0.0697. The summed E-state index contributed by atoms with van der Waals surface area (Å²) in [6.07, 6.45) is 0.564. The van der Waals surface area contributed by atoms with E-state index in [1.54, 1.807) is 13.8 Å². The van der Waals surface area contributed by atoms with Crippen LogP contribution >= 0.6 is 11.3 Å². The second kappa shape index (κ2) is 5.69. The van der Waals surface area contributed by atoms with Crippen LogP contribution in [0.2, 0.25) is 0 Å². The lowest BCUT2D eigenvalue weighted by atomic mass is 10.1. The van der Waals surface area contributed by atoms with Gasteiger partial charge in [0.15, 0.2) is 0 Å². The Labute approximate surface area is 125 Å². The smallest absolute Gasteiger partial charge is 0.338 e. The van der Waals surface area contributed by atoms with Gasteiger partial charge in [-0.25, -0.2) is 4.79 Å². The highest BCUT2D eigenvalue weighted by Crippen LogP contribution is 2.33. The van der Waals surface area contributed by atoms with Gasteiger partial charge in [0.25, 0.3) is 5.91 Å². The van der Waals surface area contributed by atoms with Gasteiger partial charge in [0.1, 0.15) is 16.3 Å². The molecule has 6 nitrogen and oxygen atoms in total. The van der Waals surface area contributed by atoms with Crippen LogP contribution in [0, 0.1) is 20.8 Å². The first kappa shape index (κ1) is 15.2. The molecule has 0 unspecified atom stereocenters. The average Bonchev–Trinajstić information content (AvgIpc) is 2.90. The van der Waals surface area contributed by atoms with Gasteiger partial charge >= 0.3 is 5.97 Å². The number of aromatic nitrogens is 1. The molecule has 2 N–H and O–H groups in total. The number of aromatic carboxylic acids is 1. The molecule has 0 bridgehead atoms. The first-order chi connectivity index (χ1) is 9.86. The fourth-order valence-electron chi connectivity index (χ4n) is 2.09. The zero-order chi connectivity index (χ0) is 15.7. The van der Waals surface area contributed by atoms with Gasteiger partial charge in [-0.15, -0.1) is 11.3 Å². The second-order valence-electron chi connectivity index (χ2n) is 4.66. The molecule has 7 heteroatoms. The molecule has 0 aromatic carbocycles. The Morgan fingerprint density at radius 2 is 1.95 bits per heavy atom. The minimum atomic E-state index is -1.05. The van der Waals surface area contributed by atoms with E-state index in [4.69, 9.17) is 4.52 Å². The van der Waals surface area contributed by atoms with E-state index < -0.39 is 11.9 Å². The van der Waals surface area contributed by atoms with Crippen LogP contribution in [0.5, 0.6) is 0 Å². The molecular formula is C14H16N2O4S. The Kier molecular flexibility index (Phi) is 4.13. The highest BCUT2D eigenvalue weighted by atomic mass is 32.1. The summed E-state index contributed by atoms with van der Waals surface area (Å²) in [5.74, 6) is -1.02. The molecule has 0 aliphatic rings. The van der Waals surface area contributed by atoms with Crippen molar-refractivity contribution in [2.75, 3.05) is 5.32 Å². The van der Waals surface area contributed by atoms with Crippen molar-refractivity contribution in [3.63, 3.8) is 0 Å². The number of nitrogens with zero attached hydrogens (tertiary/aromatic N) is 1. The van der Waals surface area contributed by atoms with Crippen molar-refractivity contribution in [3.8, 4) is 0 Å². The third kappa shape index (κ3) is 2.69. The van der Waals surface area contributed by atoms with Crippen molar-refractivity contribution in [3.05, 3.63) is 33.0 Å². The van der Waals surface area contributed by atoms with E-state index in [0.717, 1.165) is 4.88 Å². The van der Waals surface area contributed by atoms with Gasteiger partial charge in [0.05, 0.1) is 11.3 Å². The average molecular weight is 308 g/mol. The van der Waals surface area contributed by atoms with Crippen molar-refractivity contribution < 1.29 is 19.2 Å². The van der Waals surface area contributed by atoms with Crippen LogP contribution in [0.15, 0.2) is 4.52 Å². The van der Waals surface area contributed by atoms with Crippen LogP contribution in [0.4, 0.5) is 5.00 Å². The number of hydrogen-bond acceptors (Lipinski definition) is 5. The third-order valence-corrected chi connectivity index (χ3v) is 4.44. The minimum absolute atomic E-state index is 0.137. The molecule has 0 aliphatic heterocycles. The van der Waals surface area contributed by atoms with E-state index in [9.17, 15) is 14.7 Å². The molecule has 2 aromatic rings. The number of amides is 1. The highest BCUT2D eigenvalue weighted by molar-refractivity contribution is 7.16. The van der Waals surface area contributed by atoms with Crippen molar-refractivity contribution >= 4 is 28.2 Å². The first-order valence-electron chi connectivity index (χ1n) is 6.46. The lowest BCUT2D eigenvalue weighted by Crippen LogP contribution is -2.15. The molecule has 2 rings (SSSR count). The fraction of sp³-hybridized carbons (Fsp3) is 0.357. The van der Waals surface area contributed by atoms with Gasteiger partial charge < -0.3 is 14.9 Å². The SMILES string of the molecule is CCc1noc(C)c1C(=O)Nc1sc(C)c(C)c1C(=O)O. The number of carboxylic acid groups (broad SMARTS) is 1. The Hall–Kier alpha value is -2.15. The minimum Gasteiger partial charge on any atom is -0.478 e. The van der Waals surface area contributed by atoms with Crippen molar-refractivity contribution in [1.82, 2.24) is 5.16 Å². The summed E-state index contributed by atoms with van der Waals surface area (Å²) >= 11 is 1.25. The standard InChI is InChI=1S/C14H16N2O4S/c1-5-9-11(7(3)20-16-9)12(17)15-13-10(14(18)19)6(2)8(4)21-13/h5H2,1-4H3,(H,15,17)(H,18,19). The molecule has 0 radical (unpaired) electrons. The second-order valence-corrected chi connectivity index (χ2v) is 5.89. The van der Waals surface area contributed by atoms with E-state index >= 15 is 0 Å². The number of aryl methyl sites for hydroxylation is 3. The van der Waals surface area contributed by atoms with Crippen LogP contribution in [-0.4, -0.2) is 22.1 Å². The molecule has 0 fully saturated rings. The number of carbonyl (C=O) groups is 2. The van der Waals surface area contributed by atoms with Crippen LogP contribution in [0.1, 0.15) is 49.5 Å². The molecule has 2 aromatic heterocycles. The number of anilines is 1. The van der Waals surface area contributed by atoms with Gasteiger partial charge in [0, 0.05) is 4.88 Å². The van der Waals surface area contributed by atoms with Crippen LogP contribution in [0.25, 0.3) is 0 Å². The molecule has 0 atom stereocenters. The number of rotatable bonds is 4. The third-order valence-electron chi connectivity index (χ3n) is 3.32. The van der Waals surface area contributed by atoms with Crippen molar-refractivity contribution in [2.45, 2.75) is 34.1 Å². The topological polar surface area (TPSA) is 92.4 Å². The maximum atomic E-state index is 12.4. The van der Waals surface area contributed by atoms with Crippen LogP contribution in [0.3, 0.4) is 0 Å². The van der Waals surface area contributed by atoms with E-state index in [1.165, 1.54) is 11.3 Å². The summed E-state index contributed by atoms with van der Waals surface area (Å²) in [5.41, 5.74) is 1.74.